The lowest BCUT2D eigenvalue weighted by Crippen LogP contribution is -2.27. The number of rotatable bonds is 5. The van der Waals surface area contributed by atoms with Crippen LogP contribution in [-0.2, 0) is 11.3 Å². The molecule has 0 unspecified atom stereocenters. The van der Waals surface area contributed by atoms with Crippen molar-refractivity contribution in [3.63, 3.8) is 0 Å². The highest BCUT2D eigenvalue weighted by Crippen LogP contribution is 2.36. The van der Waals surface area contributed by atoms with Gasteiger partial charge in [0.05, 0.1) is 22.1 Å². The van der Waals surface area contributed by atoms with Crippen LogP contribution in [0.15, 0.2) is 71.8 Å². The van der Waals surface area contributed by atoms with Crippen LogP contribution in [0, 0.1) is 15.9 Å². The molecule has 0 radical (unpaired) electrons. The molecule has 1 amide bonds. The van der Waals surface area contributed by atoms with E-state index in [4.69, 9.17) is 12.2 Å². The van der Waals surface area contributed by atoms with Crippen molar-refractivity contribution in [2.75, 3.05) is 4.90 Å². The van der Waals surface area contributed by atoms with E-state index in [0.29, 0.717) is 26.2 Å². The first-order valence-corrected chi connectivity index (χ1v) is 10.1. The van der Waals surface area contributed by atoms with Gasteiger partial charge in [-0.3, -0.25) is 19.8 Å². The first kappa shape index (κ1) is 20.0. The molecule has 9 heteroatoms. The fraction of sp³-hybridized carbons (Fsp3) is 0.0476. The molecule has 0 N–H and O–H groups in total. The zero-order chi connectivity index (χ0) is 21.3. The van der Waals surface area contributed by atoms with Gasteiger partial charge in [-0.05, 0) is 36.4 Å². The predicted octanol–water partition coefficient (Wildman–Crippen LogP) is 4.99. The van der Waals surface area contributed by atoms with Crippen molar-refractivity contribution >= 4 is 51.7 Å². The molecule has 3 aromatic rings. The fourth-order valence-electron chi connectivity index (χ4n) is 3.15. The molecule has 1 aliphatic rings. The van der Waals surface area contributed by atoms with Gasteiger partial charge in [0.2, 0.25) is 0 Å². The van der Waals surface area contributed by atoms with Crippen LogP contribution in [0.3, 0.4) is 0 Å². The molecule has 1 fully saturated rings. The van der Waals surface area contributed by atoms with E-state index in [1.807, 2.05) is 10.6 Å². The van der Waals surface area contributed by atoms with Crippen molar-refractivity contribution in [1.29, 1.82) is 0 Å². The topological polar surface area (TPSA) is 68.4 Å². The zero-order valence-corrected chi connectivity index (χ0v) is 17.0. The van der Waals surface area contributed by atoms with Crippen molar-refractivity contribution < 1.29 is 14.1 Å². The molecule has 2 heterocycles. The Bertz CT molecular complexity index is 1210. The Morgan fingerprint density at radius 3 is 2.70 bits per heavy atom. The molecule has 0 aliphatic carbocycles. The summed E-state index contributed by atoms with van der Waals surface area (Å²) in [6, 6.07) is 15.8. The smallest absolute Gasteiger partial charge is 0.274 e. The highest BCUT2D eigenvalue weighted by atomic mass is 32.2. The summed E-state index contributed by atoms with van der Waals surface area (Å²) in [4.78, 5) is 25.4. The Hall–Kier alpha value is -3.30. The van der Waals surface area contributed by atoms with Gasteiger partial charge in [0, 0.05) is 23.5 Å². The number of para-hydroxylation sites is 1. The molecule has 6 nitrogen and oxygen atoms in total. The molecule has 1 aliphatic heterocycles. The highest BCUT2D eigenvalue weighted by Gasteiger charge is 2.33. The van der Waals surface area contributed by atoms with Gasteiger partial charge in [-0.25, -0.2) is 4.39 Å². The lowest BCUT2D eigenvalue weighted by molar-refractivity contribution is -0.385. The van der Waals surface area contributed by atoms with E-state index in [0.717, 1.165) is 11.8 Å². The number of carbonyl (C=O) groups excluding carboxylic acids is 1. The molecule has 30 heavy (non-hydrogen) atoms. The van der Waals surface area contributed by atoms with Crippen LogP contribution in [-0.4, -0.2) is 19.7 Å². The van der Waals surface area contributed by atoms with E-state index < -0.39 is 10.7 Å². The van der Waals surface area contributed by atoms with Gasteiger partial charge < -0.3 is 4.57 Å². The monoisotopic (exact) mass is 439 g/mol. The third-order valence-corrected chi connectivity index (χ3v) is 5.83. The third-order valence-electron chi connectivity index (χ3n) is 4.53. The number of nitrogens with zero attached hydrogens (tertiary/aromatic N) is 3. The van der Waals surface area contributed by atoms with Crippen molar-refractivity contribution in [2.24, 2.45) is 0 Å². The van der Waals surface area contributed by atoms with Gasteiger partial charge in [0.15, 0.2) is 4.32 Å². The Balaban J connectivity index is 1.63. The standard InChI is InChI=1S/C21H14FN3O3S2/c22-15-6-3-7-17(11-15)24-20(26)19(30-21(24)29)12-16-8-4-10-23(16)13-14-5-1-2-9-18(14)25(27)28/h1-12H,13H2/b19-12-. The Labute approximate surface area is 180 Å². The van der Waals surface area contributed by atoms with Crippen molar-refractivity contribution in [3.05, 3.63) is 99.0 Å². The lowest BCUT2D eigenvalue weighted by Gasteiger charge is -2.14. The van der Waals surface area contributed by atoms with Gasteiger partial charge in [-0.1, -0.05) is 48.2 Å². The van der Waals surface area contributed by atoms with Gasteiger partial charge in [-0.2, -0.15) is 0 Å². The van der Waals surface area contributed by atoms with Crippen molar-refractivity contribution in [3.8, 4) is 0 Å². The number of benzene rings is 2. The molecular formula is C21H14FN3O3S2. The summed E-state index contributed by atoms with van der Waals surface area (Å²) >= 11 is 6.45. The highest BCUT2D eigenvalue weighted by molar-refractivity contribution is 8.27. The summed E-state index contributed by atoms with van der Waals surface area (Å²) in [5, 5.41) is 11.3. The number of anilines is 1. The molecule has 2 aromatic carbocycles. The number of nitro groups is 1. The van der Waals surface area contributed by atoms with E-state index in [-0.39, 0.29) is 18.1 Å². The minimum Gasteiger partial charge on any atom is -0.343 e. The maximum Gasteiger partial charge on any atom is 0.274 e. The molecule has 4 rings (SSSR count). The fourth-order valence-corrected chi connectivity index (χ4v) is 4.43. The Morgan fingerprint density at radius 1 is 1.13 bits per heavy atom. The van der Waals surface area contributed by atoms with E-state index in [9.17, 15) is 19.3 Å². The summed E-state index contributed by atoms with van der Waals surface area (Å²) < 4.78 is 15.7. The Morgan fingerprint density at radius 2 is 1.93 bits per heavy atom. The van der Waals surface area contributed by atoms with Crippen LogP contribution < -0.4 is 4.90 Å². The summed E-state index contributed by atoms with van der Waals surface area (Å²) in [5.74, 6) is -0.794. The number of carbonyl (C=O) groups is 1. The first-order valence-electron chi connectivity index (χ1n) is 8.85. The second-order valence-corrected chi connectivity index (χ2v) is 8.12. The third kappa shape index (κ3) is 3.89. The molecule has 150 valence electrons. The second-order valence-electron chi connectivity index (χ2n) is 6.44. The number of amides is 1. The maximum atomic E-state index is 13.6. The summed E-state index contributed by atoms with van der Waals surface area (Å²) in [6.07, 6.45) is 3.48. The number of nitro benzene ring substituents is 1. The van der Waals surface area contributed by atoms with Gasteiger partial charge >= 0.3 is 0 Å². The largest absolute Gasteiger partial charge is 0.343 e. The summed E-state index contributed by atoms with van der Waals surface area (Å²) in [5.41, 5.74) is 1.67. The quantitative estimate of drug-likeness (QED) is 0.242. The summed E-state index contributed by atoms with van der Waals surface area (Å²) in [7, 11) is 0. The molecular weight excluding hydrogens is 425 g/mol. The van der Waals surface area contributed by atoms with Gasteiger partial charge in [0.1, 0.15) is 5.82 Å². The molecule has 1 aromatic heterocycles. The number of aromatic nitrogens is 1. The van der Waals surface area contributed by atoms with Crippen LogP contribution in [0.5, 0.6) is 0 Å². The molecule has 1 saturated heterocycles. The number of thiocarbonyl (C=S) groups is 1. The number of thioether (sulfide) groups is 1. The molecule has 0 bridgehead atoms. The maximum absolute atomic E-state index is 13.6. The Kier molecular flexibility index (Phi) is 5.47. The number of hydrogen-bond donors (Lipinski definition) is 0. The van der Waals surface area contributed by atoms with Crippen molar-refractivity contribution in [2.45, 2.75) is 6.54 Å². The zero-order valence-electron chi connectivity index (χ0n) is 15.4. The molecule has 0 atom stereocenters. The molecule has 0 spiro atoms. The van der Waals surface area contributed by atoms with E-state index >= 15 is 0 Å². The summed E-state index contributed by atoms with van der Waals surface area (Å²) in [6.45, 7) is 0.278. The molecule has 0 saturated carbocycles. The number of halogens is 1. The van der Waals surface area contributed by atoms with Crippen LogP contribution in [0.4, 0.5) is 15.8 Å². The lowest BCUT2D eigenvalue weighted by atomic mass is 10.2. The first-order chi connectivity index (χ1) is 14.4. The van der Waals surface area contributed by atoms with Crippen LogP contribution in [0.1, 0.15) is 11.3 Å². The average Bonchev–Trinajstić information content (AvgIpc) is 3.26. The average molecular weight is 439 g/mol. The van der Waals surface area contributed by atoms with Crippen LogP contribution in [0.2, 0.25) is 0 Å². The van der Waals surface area contributed by atoms with Gasteiger partial charge in [0.25, 0.3) is 11.6 Å². The minimum atomic E-state index is -0.455. The predicted molar refractivity (Wildman–Crippen MR) is 119 cm³/mol. The second kappa shape index (κ2) is 8.21. The van der Waals surface area contributed by atoms with E-state index in [1.54, 1.807) is 42.6 Å². The number of hydrogen-bond acceptors (Lipinski definition) is 5. The van der Waals surface area contributed by atoms with Crippen LogP contribution in [0.25, 0.3) is 6.08 Å². The minimum absolute atomic E-state index is 0.0366. The van der Waals surface area contributed by atoms with E-state index in [1.165, 1.54) is 29.2 Å². The van der Waals surface area contributed by atoms with Gasteiger partial charge in [-0.15, -0.1) is 0 Å². The van der Waals surface area contributed by atoms with E-state index in [2.05, 4.69) is 0 Å². The van der Waals surface area contributed by atoms with Crippen molar-refractivity contribution in [1.82, 2.24) is 4.57 Å². The van der Waals surface area contributed by atoms with Crippen LogP contribution >= 0.6 is 24.0 Å². The SMILES string of the molecule is O=C1/C(=C/c2cccn2Cc2ccccc2[N+](=O)[O-])SC(=S)N1c1cccc(F)c1. The normalized spacial score (nSPS) is 15.2.